The van der Waals surface area contributed by atoms with E-state index in [-0.39, 0.29) is 12.5 Å². The van der Waals surface area contributed by atoms with E-state index in [1.165, 1.54) is 0 Å². The van der Waals surface area contributed by atoms with Crippen LogP contribution in [-0.2, 0) is 9.53 Å². The molecule has 1 aliphatic heterocycles. The lowest BCUT2D eigenvalue weighted by atomic mass is 10.1. The second-order valence-corrected chi connectivity index (χ2v) is 4.89. The third-order valence-electron chi connectivity index (χ3n) is 3.55. The lowest BCUT2D eigenvalue weighted by molar-refractivity contribution is -0.133. The molecule has 3 rings (SSSR count). The van der Waals surface area contributed by atoms with Crippen molar-refractivity contribution in [2.45, 2.75) is 6.10 Å². The number of hydrogen-bond acceptors (Lipinski definition) is 4. The molecule has 108 valence electrons. The molecule has 0 radical (unpaired) electrons. The van der Waals surface area contributed by atoms with Crippen LogP contribution >= 0.6 is 0 Å². The van der Waals surface area contributed by atoms with Crippen molar-refractivity contribution in [1.29, 1.82) is 0 Å². The van der Waals surface area contributed by atoms with E-state index in [9.17, 15) is 9.59 Å². The van der Waals surface area contributed by atoms with Gasteiger partial charge in [0.1, 0.15) is 5.69 Å². The molecule has 1 aromatic carbocycles. The number of ether oxygens (including phenoxy) is 1. The van der Waals surface area contributed by atoms with Crippen LogP contribution in [0.2, 0.25) is 0 Å². The molecule has 0 aliphatic carbocycles. The van der Waals surface area contributed by atoms with Crippen molar-refractivity contribution in [1.82, 2.24) is 9.88 Å². The van der Waals surface area contributed by atoms with Gasteiger partial charge in [-0.3, -0.25) is 14.6 Å². The molecule has 1 unspecified atom stereocenters. The molecule has 21 heavy (non-hydrogen) atoms. The molecule has 6 nitrogen and oxygen atoms in total. The first-order chi connectivity index (χ1) is 10.2. The third-order valence-corrected chi connectivity index (χ3v) is 3.55. The van der Waals surface area contributed by atoms with E-state index in [1.54, 1.807) is 11.1 Å². The minimum Gasteiger partial charge on any atom is -0.367 e. The van der Waals surface area contributed by atoms with Crippen LogP contribution in [-0.4, -0.2) is 47.5 Å². The van der Waals surface area contributed by atoms with E-state index < -0.39 is 12.0 Å². The molecule has 1 atom stereocenters. The Morgan fingerprint density at radius 2 is 2.10 bits per heavy atom. The van der Waals surface area contributed by atoms with Gasteiger partial charge in [0.15, 0.2) is 6.10 Å². The smallest absolute Gasteiger partial charge is 0.273 e. The largest absolute Gasteiger partial charge is 0.367 e. The number of pyridine rings is 1. The minimum absolute atomic E-state index is 0.166. The van der Waals surface area contributed by atoms with Crippen molar-refractivity contribution in [2.24, 2.45) is 5.73 Å². The average molecular weight is 285 g/mol. The maximum absolute atomic E-state index is 12.6. The molecule has 0 bridgehead atoms. The Balaban J connectivity index is 1.92. The van der Waals surface area contributed by atoms with Crippen LogP contribution in [0.25, 0.3) is 10.8 Å². The molecule has 1 aromatic heterocycles. The zero-order valence-electron chi connectivity index (χ0n) is 11.4. The number of amides is 2. The van der Waals surface area contributed by atoms with E-state index in [0.29, 0.717) is 18.8 Å². The Hall–Kier alpha value is -2.47. The van der Waals surface area contributed by atoms with Gasteiger partial charge in [0.2, 0.25) is 5.91 Å². The Bertz CT molecular complexity index is 696. The highest BCUT2D eigenvalue weighted by atomic mass is 16.5. The molecule has 0 saturated carbocycles. The molecule has 1 fully saturated rings. The van der Waals surface area contributed by atoms with E-state index in [0.717, 1.165) is 10.8 Å². The summed E-state index contributed by atoms with van der Waals surface area (Å²) < 4.78 is 5.25. The van der Waals surface area contributed by atoms with Crippen molar-refractivity contribution in [3.63, 3.8) is 0 Å². The lowest BCUT2D eigenvalue weighted by Gasteiger charge is -2.31. The molecule has 2 aromatic rings. The first-order valence-corrected chi connectivity index (χ1v) is 6.71. The van der Waals surface area contributed by atoms with E-state index in [1.807, 2.05) is 30.3 Å². The Morgan fingerprint density at radius 1 is 1.29 bits per heavy atom. The quantitative estimate of drug-likeness (QED) is 0.873. The molecule has 1 saturated heterocycles. The van der Waals surface area contributed by atoms with Gasteiger partial charge in [-0.2, -0.15) is 0 Å². The number of nitrogens with zero attached hydrogens (tertiary/aromatic N) is 2. The van der Waals surface area contributed by atoms with Crippen LogP contribution in [0, 0.1) is 0 Å². The molecule has 1 aliphatic rings. The van der Waals surface area contributed by atoms with Gasteiger partial charge in [-0.25, -0.2) is 0 Å². The van der Waals surface area contributed by atoms with Gasteiger partial charge >= 0.3 is 0 Å². The number of rotatable bonds is 2. The van der Waals surface area contributed by atoms with Gasteiger partial charge < -0.3 is 15.4 Å². The number of fused-ring (bicyclic) bond motifs is 1. The summed E-state index contributed by atoms with van der Waals surface area (Å²) in [5.41, 5.74) is 5.63. The summed E-state index contributed by atoms with van der Waals surface area (Å²) in [7, 11) is 0. The highest BCUT2D eigenvalue weighted by Crippen LogP contribution is 2.19. The topological polar surface area (TPSA) is 85.5 Å². The summed E-state index contributed by atoms with van der Waals surface area (Å²) >= 11 is 0. The zero-order valence-corrected chi connectivity index (χ0v) is 11.4. The SMILES string of the molecule is NC(=O)C1CN(C(=O)c2nccc3ccccc23)CCO1. The van der Waals surface area contributed by atoms with E-state index in [2.05, 4.69) is 4.98 Å². The van der Waals surface area contributed by atoms with Crippen LogP contribution in [0.3, 0.4) is 0 Å². The van der Waals surface area contributed by atoms with Crippen LogP contribution in [0.1, 0.15) is 10.5 Å². The normalized spacial score (nSPS) is 18.7. The van der Waals surface area contributed by atoms with Gasteiger partial charge in [0, 0.05) is 18.1 Å². The maximum Gasteiger partial charge on any atom is 0.273 e. The van der Waals surface area contributed by atoms with Crippen LogP contribution in [0.4, 0.5) is 0 Å². The van der Waals surface area contributed by atoms with Crippen molar-refractivity contribution in [3.8, 4) is 0 Å². The third kappa shape index (κ3) is 2.57. The summed E-state index contributed by atoms with van der Waals surface area (Å²) in [6.45, 7) is 0.886. The van der Waals surface area contributed by atoms with Gasteiger partial charge in [0.05, 0.1) is 13.2 Å². The second-order valence-electron chi connectivity index (χ2n) is 4.89. The van der Waals surface area contributed by atoms with E-state index in [4.69, 9.17) is 10.5 Å². The number of carbonyl (C=O) groups is 2. The molecule has 2 N–H and O–H groups in total. The monoisotopic (exact) mass is 285 g/mol. The van der Waals surface area contributed by atoms with Gasteiger partial charge in [0.25, 0.3) is 5.91 Å². The fraction of sp³-hybridized carbons (Fsp3) is 0.267. The number of morpholine rings is 1. The first-order valence-electron chi connectivity index (χ1n) is 6.71. The van der Waals surface area contributed by atoms with Crippen LogP contribution < -0.4 is 5.73 Å². The molecule has 0 spiro atoms. The molecular formula is C15H15N3O3. The average Bonchev–Trinajstić information content (AvgIpc) is 2.53. The highest BCUT2D eigenvalue weighted by Gasteiger charge is 2.29. The Morgan fingerprint density at radius 3 is 2.90 bits per heavy atom. The minimum atomic E-state index is -0.752. The fourth-order valence-corrected chi connectivity index (χ4v) is 2.45. The molecule has 2 heterocycles. The Labute approximate surface area is 121 Å². The van der Waals surface area contributed by atoms with Crippen molar-refractivity contribution in [3.05, 3.63) is 42.2 Å². The lowest BCUT2D eigenvalue weighted by Crippen LogP contribution is -2.50. The van der Waals surface area contributed by atoms with E-state index >= 15 is 0 Å². The number of hydrogen-bond donors (Lipinski definition) is 1. The standard InChI is InChI=1S/C15H15N3O3/c16-14(19)12-9-18(7-8-21-12)15(20)13-11-4-2-1-3-10(11)5-6-17-13/h1-6,12H,7-9H2,(H2,16,19). The Kier molecular flexibility index (Phi) is 3.53. The number of primary amides is 1. The van der Waals surface area contributed by atoms with Crippen LogP contribution in [0.5, 0.6) is 0 Å². The van der Waals surface area contributed by atoms with Crippen molar-refractivity contribution in [2.75, 3.05) is 19.7 Å². The van der Waals surface area contributed by atoms with Crippen molar-refractivity contribution < 1.29 is 14.3 Å². The summed E-state index contributed by atoms with van der Waals surface area (Å²) in [6, 6.07) is 9.43. The van der Waals surface area contributed by atoms with Gasteiger partial charge in [-0.1, -0.05) is 24.3 Å². The summed E-state index contributed by atoms with van der Waals surface area (Å²) in [4.78, 5) is 29.6. The highest BCUT2D eigenvalue weighted by molar-refractivity contribution is 6.05. The maximum atomic E-state index is 12.6. The number of nitrogens with two attached hydrogens (primary N) is 1. The molecule has 2 amide bonds. The fourth-order valence-electron chi connectivity index (χ4n) is 2.45. The van der Waals surface area contributed by atoms with Gasteiger partial charge in [-0.15, -0.1) is 0 Å². The van der Waals surface area contributed by atoms with Gasteiger partial charge in [-0.05, 0) is 11.5 Å². The summed E-state index contributed by atoms with van der Waals surface area (Å²) in [6.07, 6.45) is 0.861. The number of aromatic nitrogens is 1. The first kappa shape index (κ1) is 13.5. The second kappa shape index (κ2) is 5.49. The summed E-state index contributed by atoms with van der Waals surface area (Å²) in [5, 5.41) is 1.75. The van der Waals surface area contributed by atoms with Crippen molar-refractivity contribution >= 4 is 22.6 Å². The number of benzene rings is 1. The summed E-state index contributed by atoms with van der Waals surface area (Å²) in [5.74, 6) is -0.764. The molecule has 6 heteroatoms. The van der Waals surface area contributed by atoms with Crippen LogP contribution in [0.15, 0.2) is 36.5 Å². The predicted molar refractivity (Wildman–Crippen MR) is 76.6 cm³/mol. The zero-order chi connectivity index (χ0) is 14.8. The predicted octanol–water partition coefficient (Wildman–Crippen LogP) is 0.561. The molecular weight excluding hydrogens is 270 g/mol. The number of carbonyl (C=O) groups excluding carboxylic acids is 2.